The molecular formula is C13H9BrN2O2S. The lowest BCUT2D eigenvalue weighted by Crippen LogP contribution is -2.23. The Morgan fingerprint density at radius 2 is 2.47 bits per heavy atom. The average Bonchev–Trinajstić information content (AvgIpc) is 3.04. The number of hydrogen-bond donors (Lipinski definition) is 1. The molecular weight excluding hydrogens is 328 g/mol. The largest absolute Gasteiger partial charge is 0.467 e. The fourth-order valence-electron chi connectivity index (χ4n) is 1.37. The summed E-state index contributed by atoms with van der Waals surface area (Å²) in [7, 11) is 0. The molecule has 6 heteroatoms. The third kappa shape index (κ3) is 3.81. The third-order valence-electron chi connectivity index (χ3n) is 2.24. The van der Waals surface area contributed by atoms with Gasteiger partial charge in [-0.15, -0.1) is 11.3 Å². The number of nitrogens with zero attached hydrogens (tertiary/aromatic N) is 1. The van der Waals surface area contributed by atoms with Crippen LogP contribution in [0.4, 0.5) is 0 Å². The molecule has 0 atom stereocenters. The summed E-state index contributed by atoms with van der Waals surface area (Å²) in [6.07, 6.45) is 3.10. The molecule has 0 spiro atoms. The standard InChI is InChI=1S/C13H9BrN2O2S/c14-10-5-12(19-8-10)4-9(6-15)13(17)16-7-11-2-1-3-18-11/h1-5,8H,7H2,(H,16,17). The van der Waals surface area contributed by atoms with E-state index in [0.29, 0.717) is 5.76 Å². The normalized spacial score (nSPS) is 11.1. The zero-order valence-corrected chi connectivity index (χ0v) is 12.1. The molecule has 1 N–H and O–H groups in total. The number of nitrogens with one attached hydrogen (secondary N) is 1. The van der Waals surface area contributed by atoms with E-state index in [1.807, 2.05) is 17.5 Å². The molecule has 0 bridgehead atoms. The van der Waals surface area contributed by atoms with Crippen LogP contribution >= 0.6 is 27.3 Å². The Kier molecular flexibility index (Phi) is 4.55. The van der Waals surface area contributed by atoms with Gasteiger partial charge in [0.15, 0.2) is 0 Å². The average molecular weight is 337 g/mol. The number of amides is 1. The van der Waals surface area contributed by atoms with Crippen molar-refractivity contribution in [3.05, 3.63) is 50.5 Å². The second kappa shape index (κ2) is 6.36. The first kappa shape index (κ1) is 13.6. The molecule has 0 aliphatic carbocycles. The smallest absolute Gasteiger partial charge is 0.262 e. The molecule has 0 fully saturated rings. The zero-order valence-electron chi connectivity index (χ0n) is 9.72. The molecule has 2 aromatic rings. The van der Waals surface area contributed by atoms with Gasteiger partial charge in [-0.2, -0.15) is 5.26 Å². The van der Waals surface area contributed by atoms with Crippen molar-refractivity contribution in [3.8, 4) is 6.07 Å². The second-order valence-electron chi connectivity index (χ2n) is 3.60. The van der Waals surface area contributed by atoms with Crippen molar-refractivity contribution in [2.45, 2.75) is 6.54 Å². The lowest BCUT2D eigenvalue weighted by molar-refractivity contribution is -0.117. The molecule has 0 aliphatic heterocycles. The van der Waals surface area contributed by atoms with Crippen LogP contribution in [0.5, 0.6) is 0 Å². The minimum Gasteiger partial charge on any atom is -0.467 e. The van der Waals surface area contributed by atoms with Gasteiger partial charge in [-0.05, 0) is 40.2 Å². The van der Waals surface area contributed by atoms with Gasteiger partial charge in [0, 0.05) is 14.7 Å². The highest BCUT2D eigenvalue weighted by Gasteiger charge is 2.10. The van der Waals surface area contributed by atoms with Gasteiger partial charge >= 0.3 is 0 Å². The second-order valence-corrected chi connectivity index (χ2v) is 5.46. The molecule has 1 amide bonds. The molecule has 0 aromatic carbocycles. The summed E-state index contributed by atoms with van der Waals surface area (Å²) in [6, 6.07) is 7.25. The predicted octanol–water partition coefficient (Wildman–Crippen LogP) is 3.33. The van der Waals surface area contributed by atoms with Gasteiger partial charge in [0.05, 0.1) is 12.8 Å². The van der Waals surface area contributed by atoms with Crippen molar-refractivity contribution in [1.29, 1.82) is 5.26 Å². The molecule has 4 nitrogen and oxygen atoms in total. The van der Waals surface area contributed by atoms with E-state index in [-0.39, 0.29) is 12.1 Å². The number of carbonyl (C=O) groups excluding carboxylic acids is 1. The first-order valence-electron chi connectivity index (χ1n) is 5.35. The summed E-state index contributed by atoms with van der Waals surface area (Å²) in [6.45, 7) is 0.263. The summed E-state index contributed by atoms with van der Waals surface area (Å²) in [5.74, 6) is 0.230. The van der Waals surface area contributed by atoms with Crippen LogP contribution < -0.4 is 5.32 Å². The van der Waals surface area contributed by atoms with Crippen LogP contribution in [0.25, 0.3) is 6.08 Å². The van der Waals surface area contributed by atoms with E-state index in [4.69, 9.17) is 9.68 Å². The molecule has 0 aliphatic rings. The summed E-state index contributed by atoms with van der Waals surface area (Å²) in [5, 5.41) is 13.5. The van der Waals surface area contributed by atoms with E-state index in [1.54, 1.807) is 18.2 Å². The lowest BCUT2D eigenvalue weighted by atomic mass is 10.2. The Morgan fingerprint density at radius 3 is 3.05 bits per heavy atom. The predicted molar refractivity (Wildman–Crippen MR) is 76.2 cm³/mol. The number of halogens is 1. The molecule has 2 heterocycles. The Morgan fingerprint density at radius 1 is 1.63 bits per heavy atom. The van der Waals surface area contributed by atoms with Gasteiger partial charge in [0.25, 0.3) is 5.91 Å². The number of furan rings is 1. The van der Waals surface area contributed by atoms with Crippen molar-refractivity contribution in [1.82, 2.24) is 5.32 Å². The Labute approximate surface area is 122 Å². The molecule has 19 heavy (non-hydrogen) atoms. The van der Waals surface area contributed by atoms with Crippen LogP contribution in [0.1, 0.15) is 10.6 Å². The fraction of sp³-hybridized carbons (Fsp3) is 0.0769. The molecule has 2 rings (SSSR count). The first-order chi connectivity index (χ1) is 9.19. The van der Waals surface area contributed by atoms with Gasteiger partial charge in [-0.3, -0.25) is 4.79 Å². The molecule has 0 saturated carbocycles. The van der Waals surface area contributed by atoms with E-state index in [1.165, 1.54) is 17.6 Å². The maximum absolute atomic E-state index is 11.8. The number of rotatable bonds is 4. The summed E-state index contributed by atoms with van der Waals surface area (Å²) in [4.78, 5) is 12.7. The van der Waals surface area contributed by atoms with E-state index in [2.05, 4.69) is 21.2 Å². The lowest BCUT2D eigenvalue weighted by Gasteiger charge is -2.01. The van der Waals surface area contributed by atoms with Crippen molar-refractivity contribution < 1.29 is 9.21 Å². The van der Waals surface area contributed by atoms with Crippen LogP contribution in [0.3, 0.4) is 0 Å². The van der Waals surface area contributed by atoms with Gasteiger partial charge in [-0.1, -0.05) is 0 Å². The van der Waals surface area contributed by atoms with E-state index in [0.717, 1.165) is 9.35 Å². The highest BCUT2D eigenvalue weighted by molar-refractivity contribution is 9.10. The number of nitriles is 1. The van der Waals surface area contributed by atoms with E-state index >= 15 is 0 Å². The van der Waals surface area contributed by atoms with Gasteiger partial charge in [0.2, 0.25) is 0 Å². The maximum Gasteiger partial charge on any atom is 0.262 e. The van der Waals surface area contributed by atoms with Gasteiger partial charge < -0.3 is 9.73 Å². The first-order valence-corrected chi connectivity index (χ1v) is 7.02. The highest BCUT2D eigenvalue weighted by atomic mass is 79.9. The Balaban J connectivity index is 2.03. The zero-order chi connectivity index (χ0) is 13.7. The number of hydrogen-bond acceptors (Lipinski definition) is 4. The van der Waals surface area contributed by atoms with E-state index < -0.39 is 5.91 Å². The van der Waals surface area contributed by atoms with Crippen molar-refractivity contribution >= 4 is 39.2 Å². The SMILES string of the molecule is N#CC(=Cc1cc(Br)cs1)C(=O)NCc1ccco1. The van der Waals surface area contributed by atoms with Crippen LogP contribution in [0.15, 0.2) is 44.3 Å². The molecule has 0 unspecified atom stereocenters. The topological polar surface area (TPSA) is 66.0 Å². The fourth-order valence-corrected chi connectivity index (χ4v) is 2.75. The Hall–Kier alpha value is -1.84. The van der Waals surface area contributed by atoms with Crippen LogP contribution in [-0.2, 0) is 11.3 Å². The molecule has 2 aromatic heterocycles. The number of thiophene rings is 1. The summed E-state index contributed by atoms with van der Waals surface area (Å²) < 4.78 is 6.03. The van der Waals surface area contributed by atoms with Crippen LogP contribution in [0.2, 0.25) is 0 Å². The van der Waals surface area contributed by atoms with Gasteiger partial charge in [-0.25, -0.2) is 0 Å². The minimum atomic E-state index is -0.413. The molecule has 0 saturated heterocycles. The third-order valence-corrected chi connectivity index (χ3v) is 3.88. The van der Waals surface area contributed by atoms with Crippen molar-refractivity contribution in [3.63, 3.8) is 0 Å². The van der Waals surface area contributed by atoms with Crippen molar-refractivity contribution in [2.75, 3.05) is 0 Å². The molecule has 96 valence electrons. The van der Waals surface area contributed by atoms with E-state index in [9.17, 15) is 4.79 Å². The van der Waals surface area contributed by atoms with Crippen molar-refractivity contribution in [2.24, 2.45) is 0 Å². The summed E-state index contributed by atoms with van der Waals surface area (Å²) >= 11 is 4.78. The minimum absolute atomic E-state index is 0.0703. The number of carbonyl (C=O) groups is 1. The van der Waals surface area contributed by atoms with Crippen LogP contribution in [-0.4, -0.2) is 5.91 Å². The maximum atomic E-state index is 11.8. The Bertz CT molecular complexity index is 638. The van der Waals surface area contributed by atoms with Gasteiger partial charge in [0.1, 0.15) is 17.4 Å². The highest BCUT2D eigenvalue weighted by Crippen LogP contribution is 2.22. The quantitative estimate of drug-likeness (QED) is 0.687. The monoisotopic (exact) mass is 336 g/mol. The summed E-state index contributed by atoms with van der Waals surface area (Å²) in [5.41, 5.74) is 0.0703. The molecule has 0 radical (unpaired) electrons. The van der Waals surface area contributed by atoms with Crippen LogP contribution in [0, 0.1) is 11.3 Å².